The SMILES string of the molecule is Cc1sc(-c2noc(C(=O)N3CCCC3)n2)cc1S(=O)(=O)NCC1CCCO1. The molecule has 1 N–H and O–H groups in total. The summed E-state index contributed by atoms with van der Waals surface area (Å²) in [6, 6.07) is 1.52. The highest BCUT2D eigenvalue weighted by atomic mass is 32.2. The van der Waals surface area contributed by atoms with Crippen LogP contribution in [0.4, 0.5) is 0 Å². The van der Waals surface area contributed by atoms with E-state index in [2.05, 4.69) is 14.9 Å². The van der Waals surface area contributed by atoms with Crippen LogP contribution >= 0.6 is 11.3 Å². The largest absolute Gasteiger partial charge is 0.377 e. The molecule has 0 bridgehead atoms. The number of aromatic nitrogens is 2. The number of nitrogens with one attached hydrogen (secondary N) is 1. The van der Waals surface area contributed by atoms with Gasteiger partial charge in [-0.25, -0.2) is 13.1 Å². The maximum atomic E-state index is 12.7. The van der Waals surface area contributed by atoms with Gasteiger partial charge >= 0.3 is 11.8 Å². The molecule has 4 heterocycles. The zero-order valence-corrected chi connectivity index (χ0v) is 17.1. The van der Waals surface area contributed by atoms with Crippen LogP contribution in [-0.2, 0) is 14.8 Å². The van der Waals surface area contributed by atoms with Crippen molar-refractivity contribution in [3.63, 3.8) is 0 Å². The summed E-state index contributed by atoms with van der Waals surface area (Å²) in [7, 11) is -3.67. The fourth-order valence-corrected chi connectivity index (χ4v) is 5.98. The van der Waals surface area contributed by atoms with Crippen LogP contribution in [0.2, 0.25) is 0 Å². The first-order valence-corrected chi connectivity index (χ1v) is 11.6. The zero-order chi connectivity index (χ0) is 19.7. The van der Waals surface area contributed by atoms with Crippen molar-refractivity contribution < 1.29 is 22.5 Å². The minimum Gasteiger partial charge on any atom is -0.377 e. The van der Waals surface area contributed by atoms with E-state index in [-0.39, 0.29) is 35.2 Å². The first-order chi connectivity index (χ1) is 13.4. The van der Waals surface area contributed by atoms with Gasteiger partial charge < -0.3 is 14.2 Å². The summed E-state index contributed by atoms with van der Waals surface area (Å²) >= 11 is 1.25. The van der Waals surface area contributed by atoms with E-state index in [0.29, 0.717) is 29.5 Å². The summed E-state index contributed by atoms with van der Waals surface area (Å²) < 4.78 is 38.5. The second kappa shape index (κ2) is 7.90. The van der Waals surface area contributed by atoms with Gasteiger partial charge in [0.15, 0.2) is 0 Å². The third-order valence-electron chi connectivity index (χ3n) is 4.91. The number of thiophene rings is 1. The monoisotopic (exact) mass is 426 g/mol. The predicted molar refractivity (Wildman–Crippen MR) is 102 cm³/mol. The maximum absolute atomic E-state index is 12.7. The quantitative estimate of drug-likeness (QED) is 0.749. The number of rotatable bonds is 6. The van der Waals surface area contributed by atoms with E-state index in [1.807, 2.05) is 0 Å². The van der Waals surface area contributed by atoms with Gasteiger partial charge in [-0.05, 0) is 38.7 Å². The minimum absolute atomic E-state index is 0.0659. The fraction of sp³-hybridized carbons (Fsp3) is 0.588. The summed E-state index contributed by atoms with van der Waals surface area (Å²) in [6.07, 6.45) is 3.66. The van der Waals surface area contributed by atoms with Crippen LogP contribution in [0.5, 0.6) is 0 Å². The molecule has 0 saturated carbocycles. The van der Waals surface area contributed by atoms with Crippen LogP contribution in [0.15, 0.2) is 15.5 Å². The van der Waals surface area contributed by atoms with E-state index < -0.39 is 10.0 Å². The predicted octanol–water partition coefficient (Wildman–Crippen LogP) is 1.80. The van der Waals surface area contributed by atoms with Crippen molar-refractivity contribution in [1.82, 2.24) is 19.8 Å². The van der Waals surface area contributed by atoms with Crippen molar-refractivity contribution in [2.24, 2.45) is 0 Å². The van der Waals surface area contributed by atoms with Gasteiger partial charge in [-0.2, -0.15) is 4.98 Å². The first kappa shape index (κ1) is 19.5. The molecule has 2 aromatic rings. The van der Waals surface area contributed by atoms with E-state index in [0.717, 1.165) is 25.7 Å². The molecule has 1 atom stereocenters. The van der Waals surface area contributed by atoms with Gasteiger partial charge in [0.25, 0.3) is 0 Å². The molecule has 0 spiro atoms. The minimum atomic E-state index is -3.67. The lowest BCUT2D eigenvalue weighted by atomic mass is 10.2. The third-order valence-corrected chi connectivity index (χ3v) is 7.63. The number of aryl methyl sites for hydroxylation is 1. The summed E-state index contributed by atoms with van der Waals surface area (Å²) in [5.41, 5.74) is 0. The Bertz CT molecular complexity index is 956. The number of hydrogen-bond donors (Lipinski definition) is 1. The lowest BCUT2D eigenvalue weighted by Gasteiger charge is -2.11. The van der Waals surface area contributed by atoms with Crippen LogP contribution in [0.25, 0.3) is 10.7 Å². The van der Waals surface area contributed by atoms with E-state index in [1.165, 1.54) is 17.4 Å². The smallest absolute Gasteiger partial charge is 0.316 e. The van der Waals surface area contributed by atoms with Gasteiger partial charge in [-0.1, -0.05) is 5.16 Å². The van der Waals surface area contributed by atoms with Crippen molar-refractivity contribution in [1.29, 1.82) is 0 Å². The Hall–Kier alpha value is -1.82. The van der Waals surface area contributed by atoms with E-state index in [1.54, 1.807) is 11.8 Å². The number of carbonyl (C=O) groups is 1. The molecule has 0 aromatic carbocycles. The second-order valence-corrected chi connectivity index (χ2v) is 9.93. The van der Waals surface area contributed by atoms with Gasteiger partial charge in [-0.15, -0.1) is 11.3 Å². The number of likely N-dealkylation sites (tertiary alicyclic amines) is 1. The van der Waals surface area contributed by atoms with Crippen LogP contribution in [-0.4, -0.2) is 61.7 Å². The van der Waals surface area contributed by atoms with Gasteiger partial charge in [-0.3, -0.25) is 4.79 Å². The third kappa shape index (κ3) is 3.97. The average molecular weight is 427 g/mol. The molecule has 4 rings (SSSR count). The normalized spacial score (nSPS) is 20.2. The lowest BCUT2D eigenvalue weighted by molar-refractivity contribution is 0.0743. The molecule has 152 valence electrons. The molecule has 2 fully saturated rings. The molecule has 2 saturated heterocycles. The molecule has 1 unspecified atom stereocenters. The molecule has 2 aromatic heterocycles. The number of hydrogen-bond acceptors (Lipinski definition) is 8. The molecular weight excluding hydrogens is 404 g/mol. The summed E-state index contributed by atoms with van der Waals surface area (Å²) in [4.78, 5) is 19.6. The van der Waals surface area contributed by atoms with E-state index in [4.69, 9.17) is 9.26 Å². The molecule has 0 radical (unpaired) electrons. The highest BCUT2D eigenvalue weighted by Crippen LogP contribution is 2.32. The molecular formula is C17H22N4O5S2. The number of sulfonamides is 1. The lowest BCUT2D eigenvalue weighted by Crippen LogP contribution is -2.31. The highest BCUT2D eigenvalue weighted by molar-refractivity contribution is 7.89. The summed E-state index contributed by atoms with van der Waals surface area (Å²) in [6.45, 7) is 4.03. The second-order valence-electron chi connectivity index (χ2n) is 6.94. The number of carbonyl (C=O) groups excluding carboxylic acids is 1. The fourth-order valence-electron chi connectivity index (χ4n) is 3.39. The van der Waals surface area contributed by atoms with Crippen LogP contribution in [0.1, 0.15) is 41.2 Å². The Morgan fingerprint density at radius 3 is 2.86 bits per heavy atom. The van der Waals surface area contributed by atoms with Gasteiger partial charge in [0.1, 0.15) is 0 Å². The molecule has 28 heavy (non-hydrogen) atoms. The number of ether oxygens (including phenoxy) is 1. The molecule has 2 aliphatic rings. The van der Waals surface area contributed by atoms with Crippen molar-refractivity contribution in [3.8, 4) is 10.7 Å². The highest BCUT2D eigenvalue weighted by Gasteiger charge is 2.27. The Morgan fingerprint density at radius 1 is 1.36 bits per heavy atom. The Labute approximate surface area is 167 Å². The first-order valence-electron chi connectivity index (χ1n) is 9.29. The van der Waals surface area contributed by atoms with Crippen molar-refractivity contribution >= 4 is 27.3 Å². The summed E-state index contributed by atoms with van der Waals surface area (Å²) in [5.74, 6) is -0.129. The average Bonchev–Trinajstić information content (AvgIpc) is 3.47. The Morgan fingerprint density at radius 2 is 2.14 bits per heavy atom. The number of amides is 1. The van der Waals surface area contributed by atoms with Crippen molar-refractivity contribution in [2.75, 3.05) is 26.2 Å². The topological polar surface area (TPSA) is 115 Å². The maximum Gasteiger partial charge on any atom is 0.316 e. The van der Waals surface area contributed by atoms with E-state index >= 15 is 0 Å². The molecule has 2 aliphatic heterocycles. The van der Waals surface area contributed by atoms with Crippen LogP contribution in [0, 0.1) is 6.92 Å². The zero-order valence-electron chi connectivity index (χ0n) is 15.5. The molecule has 1 amide bonds. The molecule has 0 aliphatic carbocycles. The molecule has 11 heteroatoms. The van der Waals surface area contributed by atoms with E-state index in [9.17, 15) is 13.2 Å². The van der Waals surface area contributed by atoms with Crippen molar-refractivity contribution in [2.45, 2.75) is 43.6 Å². The van der Waals surface area contributed by atoms with Crippen LogP contribution in [0.3, 0.4) is 0 Å². The Balaban J connectivity index is 1.50. The Kier molecular flexibility index (Phi) is 5.50. The van der Waals surface area contributed by atoms with Gasteiger partial charge in [0, 0.05) is 31.1 Å². The number of nitrogens with zero attached hydrogens (tertiary/aromatic N) is 3. The van der Waals surface area contributed by atoms with Crippen LogP contribution < -0.4 is 4.72 Å². The standard InChI is InChI=1S/C17H22N4O5S2/c1-11-14(28(23,24)18-10-12-5-4-8-25-12)9-13(27-11)15-19-16(26-20-15)17(22)21-6-2-3-7-21/h9,12,18H,2-8,10H2,1H3. The van der Waals surface area contributed by atoms with Gasteiger partial charge in [0.05, 0.1) is 15.9 Å². The van der Waals surface area contributed by atoms with Crippen molar-refractivity contribution in [3.05, 3.63) is 16.8 Å². The van der Waals surface area contributed by atoms with Gasteiger partial charge in [0.2, 0.25) is 15.8 Å². The molecule has 9 nitrogen and oxygen atoms in total. The summed E-state index contributed by atoms with van der Waals surface area (Å²) in [5, 5.41) is 3.87.